The number of carbonyl (C=O) groups excluding carboxylic acids is 2. The Kier molecular flexibility index (Phi) is 5.93. The van der Waals surface area contributed by atoms with Crippen LogP contribution in [0.3, 0.4) is 0 Å². The molecule has 6 nitrogen and oxygen atoms in total. The molecule has 25 heavy (non-hydrogen) atoms. The highest BCUT2D eigenvalue weighted by Gasteiger charge is 2.52. The molecule has 1 amide bonds. The molecule has 7 heteroatoms. The Bertz CT molecular complexity index is 653. The number of Topliss-reactive ketones (excluding diaryl/α,β-unsaturated/α-hetero) is 1. The summed E-state index contributed by atoms with van der Waals surface area (Å²) < 4.78 is 19.7. The van der Waals surface area contributed by atoms with Crippen molar-refractivity contribution in [3.05, 3.63) is 29.8 Å². The van der Waals surface area contributed by atoms with Gasteiger partial charge in [-0.1, -0.05) is 12.1 Å². The van der Waals surface area contributed by atoms with Gasteiger partial charge in [0, 0.05) is 24.1 Å². The standard InChI is InChI=1S/C18H26N2O4S/c1-13(21)9-16(22)19-15-8-6-7-14(10-15)18(11-24-12-18)20(5)25(23)17(2,3)4/h6-8,10H,9,11-12H2,1-5H3,(H,19,22). The molecule has 1 aromatic rings. The Morgan fingerprint density at radius 1 is 1.36 bits per heavy atom. The van der Waals surface area contributed by atoms with Crippen molar-refractivity contribution in [3.8, 4) is 0 Å². The molecule has 0 bridgehead atoms. The number of carbonyl (C=O) groups is 2. The average Bonchev–Trinajstić information content (AvgIpc) is 2.43. The van der Waals surface area contributed by atoms with Crippen molar-refractivity contribution in [2.24, 2.45) is 0 Å². The van der Waals surface area contributed by atoms with Crippen LogP contribution >= 0.6 is 0 Å². The molecular formula is C18H26N2O4S. The highest BCUT2D eigenvalue weighted by molar-refractivity contribution is 7.90. The summed E-state index contributed by atoms with van der Waals surface area (Å²) in [4.78, 5) is 22.9. The number of nitrogens with one attached hydrogen (secondary N) is 1. The van der Waals surface area contributed by atoms with Gasteiger partial charge in [0.25, 0.3) is 0 Å². The fraction of sp³-hybridized carbons (Fsp3) is 0.556. The summed E-state index contributed by atoms with van der Waals surface area (Å²) in [5.74, 6) is -0.520. The highest BCUT2D eigenvalue weighted by Crippen LogP contribution is 2.40. The van der Waals surface area contributed by atoms with E-state index in [1.165, 1.54) is 6.92 Å². The van der Waals surface area contributed by atoms with E-state index in [1.807, 2.05) is 50.3 Å². The van der Waals surface area contributed by atoms with Crippen molar-refractivity contribution in [1.29, 1.82) is 0 Å². The Balaban J connectivity index is 2.25. The summed E-state index contributed by atoms with van der Waals surface area (Å²) >= 11 is -1.20. The van der Waals surface area contributed by atoms with Gasteiger partial charge >= 0.3 is 0 Å². The van der Waals surface area contributed by atoms with Crippen LogP contribution in [0.2, 0.25) is 0 Å². The van der Waals surface area contributed by atoms with E-state index in [2.05, 4.69) is 5.32 Å². The van der Waals surface area contributed by atoms with Crippen molar-refractivity contribution in [3.63, 3.8) is 0 Å². The molecule has 0 spiro atoms. The van der Waals surface area contributed by atoms with Gasteiger partial charge < -0.3 is 14.6 Å². The van der Waals surface area contributed by atoms with E-state index < -0.39 is 16.9 Å². The maximum atomic E-state index is 12.8. The predicted molar refractivity (Wildman–Crippen MR) is 98.5 cm³/mol. The summed E-state index contributed by atoms with van der Waals surface area (Å²) in [6.07, 6.45) is -0.146. The predicted octanol–water partition coefficient (Wildman–Crippen LogP) is 2.22. The third-order valence-corrected chi connectivity index (χ3v) is 6.04. The molecule has 1 aliphatic rings. The number of ketones is 1. The quantitative estimate of drug-likeness (QED) is 0.617. The summed E-state index contributed by atoms with van der Waals surface area (Å²) in [7, 11) is 1.84. The van der Waals surface area contributed by atoms with Crippen LogP contribution in [0.4, 0.5) is 5.69 Å². The van der Waals surface area contributed by atoms with Crippen LogP contribution in [0.1, 0.15) is 39.7 Å². The zero-order valence-electron chi connectivity index (χ0n) is 15.4. The molecule has 1 N–H and O–H groups in total. The Morgan fingerprint density at radius 3 is 2.48 bits per heavy atom. The number of rotatable bonds is 6. The van der Waals surface area contributed by atoms with Gasteiger partial charge in [-0.15, -0.1) is 4.31 Å². The summed E-state index contributed by atoms with van der Waals surface area (Å²) in [6.45, 7) is 8.07. The molecule has 1 heterocycles. The molecular weight excluding hydrogens is 340 g/mol. The van der Waals surface area contributed by atoms with Crippen LogP contribution in [0, 0.1) is 0 Å². The van der Waals surface area contributed by atoms with E-state index in [4.69, 9.17) is 4.74 Å². The van der Waals surface area contributed by atoms with Crippen molar-refractivity contribution in [2.75, 3.05) is 25.6 Å². The van der Waals surface area contributed by atoms with Gasteiger partial charge in [0.05, 0.1) is 19.6 Å². The minimum Gasteiger partial charge on any atom is -0.597 e. The van der Waals surface area contributed by atoms with Crippen molar-refractivity contribution < 1.29 is 18.9 Å². The number of ether oxygens (including phenoxy) is 1. The molecule has 0 saturated carbocycles. The van der Waals surface area contributed by atoms with Crippen LogP contribution in [-0.2, 0) is 31.2 Å². The van der Waals surface area contributed by atoms with Gasteiger partial charge in [0.15, 0.2) is 0 Å². The molecule has 1 saturated heterocycles. The fourth-order valence-corrected chi connectivity index (χ4v) is 4.06. The lowest BCUT2D eigenvalue weighted by molar-refractivity contribution is -0.124. The topological polar surface area (TPSA) is 81.7 Å². The highest BCUT2D eigenvalue weighted by atomic mass is 32.2. The molecule has 1 fully saturated rings. The third kappa shape index (κ3) is 4.41. The van der Waals surface area contributed by atoms with Gasteiger partial charge in [-0.3, -0.25) is 9.59 Å². The Morgan fingerprint density at radius 2 is 2.00 bits per heavy atom. The maximum absolute atomic E-state index is 12.8. The SMILES string of the molecule is CC(=O)CC(=O)Nc1cccc(C2(N(C)[S+]([O-])C(C)(C)C)COC2)c1. The maximum Gasteiger partial charge on any atom is 0.231 e. The van der Waals surface area contributed by atoms with Crippen LogP contribution in [0.25, 0.3) is 0 Å². The van der Waals surface area contributed by atoms with Crippen LogP contribution in [0.15, 0.2) is 24.3 Å². The van der Waals surface area contributed by atoms with Crippen LogP contribution in [-0.4, -0.2) is 45.6 Å². The summed E-state index contributed by atoms with van der Waals surface area (Å²) in [6, 6.07) is 7.42. The molecule has 1 aliphatic heterocycles. The minimum atomic E-state index is -1.20. The molecule has 1 unspecified atom stereocenters. The second-order valence-corrected chi connectivity index (χ2v) is 9.66. The van der Waals surface area contributed by atoms with Crippen molar-refractivity contribution >= 4 is 28.7 Å². The molecule has 2 rings (SSSR count). The first-order valence-corrected chi connectivity index (χ1v) is 9.30. The second kappa shape index (κ2) is 7.45. The third-order valence-electron chi connectivity index (χ3n) is 4.15. The first kappa shape index (κ1) is 19.9. The smallest absolute Gasteiger partial charge is 0.231 e. The van der Waals surface area contributed by atoms with E-state index in [-0.39, 0.29) is 22.9 Å². The second-order valence-electron chi connectivity index (χ2n) is 7.39. The van der Waals surface area contributed by atoms with Gasteiger partial charge in [0.2, 0.25) is 5.91 Å². The Labute approximate surface area is 152 Å². The lowest BCUT2D eigenvalue weighted by Gasteiger charge is -2.48. The van der Waals surface area contributed by atoms with E-state index in [0.717, 1.165) is 5.56 Å². The molecule has 1 aromatic carbocycles. The van der Waals surface area contributed by atoms with Gasteiger partial charge in [-0.05, 0) is 45.4 Å². The number of nitrogens with zero attached hydrogens (tertiary/aromatic N) is 1. The first-order chi connectivity index (χ1) is 11.6. The fourth-order valence-electron chi connectivity index (χ4n) is 2.71. The van der Waals surface area contributed by atoms with Gasteiger partial charge in [-0.25, -0.2) is 0 Å². The lowest BCUT2D eigenvalue weighted by atomic mass is 9.88. The molecule has 0 aliphatic carbocycles. The normalized spacial score (nSPS) is 17.7. The monoisotopic (exact) mass is 366 g/mol. The van der Waals surface area contributed by atoms with Crippen LogP contribution in [0.5, 0.6) is 0 Å². The molecule has 0 radical (unpaired) electrons. The first-order valence-electron chi connectivity index (χ1n) is 8.20. The van der Waals surface area contributed by atoms with E-state index in [0.29, 0.717) is 18.9 Å². The van der Waals surface area contributed by atoms with E-state index in [1.54, 1.807) is 6.07 Å². The van der Waals surface area contributed by atoms with Crippen LogP contribution < -0.4 is 5.32 Å². The average molecular weight is 366 g/mol. The number of amides is 1. The largest absolute Gasteiger partial charge is 0.597 e. The summed E-state index contributed by atoms with van der Waals surface area (Å²) in [5, 5.41) is 2.74. The number of anilines is 1. The lowest BCUT2D eigenvalue weighted by Crippen LogP contribution is -2.62. The molecule has 1 atom stereocenters. The number of benzene rings is 1. The van der Waals surface area contributed by atoms with E-state index >= 15 is 0 Å². The number of likely N-dealkylation sites (N-methyl/N-ethyl adjacent to an activating group) is 1. The zero-order chi connectivity index (χ0) is 18.8. The summed E-state index contributed by atoms with van der Waals surface area (Å²) in [5.41, 5.74) is 1.06. The molecule has 0 aromatic heterocycles. The molecule has 138 valence electrons. The number of hydrogen-bond acceptors (Lipinski definition) is 5. The van der Waals surface area contributed by atoms with Crippen molar-refractivity contribution in [2.45, 2.75) is 44.4 Å². The number of hydrogen-bond donors (Lipinski definition) is 1. The van der Waals surface area contributed by atoms with Gasteiger partial charge in [0.1, 0.15) is 16.1 Å². The van der Waals surface area contributed by atoms with Crippen molar-refractivity contribution in [1.82, 2.24) is 4.31 Å². The Hall–Kier alpha value is -1.41. The zero-order valence-corrected chi connectivity index (χ0v) is 16.2. The van der Waals surface area contributed by atoms with Gasteiger partial charge in [-0.2, -0.15) is 0 Å². The minimum absolute atomic E-state index is 0.146. The van der Waals surface area contributed by atoms with E-state index in [9.17, 15) is 14.1 Å².